The van der Waals surface area contributed by atoms with Gasteiger partial charge < -0.3 is 15.0 Å². The molecule has 1 saturated heterocycles. The zero-order valence-electron chi connectivity index (χ0n) is 11.9. The molecule has 1 amide bonds. The Labute approximate surface area is 125 Å². The highest BCUT2D eigenvalue weighted by Crippen LogP contribution is 2.25. The number of benzene rings is 1. The number of hydrogen-bond donors (Lipinski definition) is 1. The van der Waals surface area contributed by atoms with E-state index in [1.165, 1.54) is 0 Å². The fraction of sp³-hybridized carbons (Fsp3) is 0.533. The van der Waals surface area contributed by atoms with Gasteiger partial charge in [0.1, 0.15) is 5.75 Å². The fourth-order valence-electron chi connectivity index (χ4n) is 2.38. The molecular formula is C15H21ClN2O2. The summed E-state index contributed by atoms with van der Waals surface area (Å²) in [5, 5.41) is 3.80. The number of ether oxygens (including phenoxy) is 1. The van der Waals surface area contributed by atoms with Gasteiger partial charge in [0, 0.05) is 19.6 Å². The third kappa shape index (κ3) is 3.44. The first kappa shape index (κ1) is 15.1. The molecule has 2 atom stereocenters. The van der Waals surface area contributed by atoms with Crippen molar-refractivity contribution < 1.29 is 9.53 Å². The minimum absolute atomic E-state index is 0.0149. The summed E-state index contributed by atoms with van der Waals surface area (Å²) >= 11 is 6.08. The summed E-state index contributed by atoms with van der Waals surface area (Å²) in [5.74, 6) is 0.577. The van der Waals surface area contributed by atoms with Gasteiger partial charge >= 0.3 is 0 Å². The summed E-state index contributed by atoms with van der Waals surface area (Å²) in [6.07, 6.45) is 1.12. The van der Waals surface area contributed by atoms with E-state index in [0.717, 1.165) is 19.5 Å². The average Bonchev–Trinajstić information content (AvgIpc) is 2.99. The Morgan fingerprint density at radius 2 is 2.30 bits per heavy atom. The van der Waals surface area contributed by atoms with Crippen LogP contribution < -0.4 is 10.1 Å². The number of halogens is 1. The Kier molecular flexibility index (Phi) is 5.26. The molecule has 2 rings (SSSR count). The standard InChI is InChI=1S/C15H21ClN2O2/c1-3-13(20-14-7-5-4-6-12(14)16)15(19)18(2)11-8-9-17-10-11/h4-7,11,13,17H,3,8-10H2,1-2H3. The smallest absolute Gasteiger partial charge is 0.263 e. The highest BCUT2D eigenvalue weighted by Gasteiger charge is 2.29. The van der Waals surface area contributed by atoms with Gasteiger partial charge in [-0.15, -0.1) is 0 Å². The molecule has 1 aromatic rings. The number of rotatable bonds is 5. The van der Waals surface area contributed by atoms with Gasteiger partial charge in [-0.05, 0) is 31.5 Å². The molecule has 0 radical (unpaired) electrons. The maximum Gasteiger partial charge on any atom is 0.263 e. The molecular weight excluding hydrogens is 276 g/mol. The first-order chi connectivity index (χ1) is 9.63. The van der Waals surface area contributed by atoms with E-state index in [1.807, 2.05) is 26.1 Å². The van der Waals surface area contributed by atoms with E-state index in [2.05, 4.69) is 5.32 Å². The summed E-state index contributed by atoms with van der Waals surface area (Å²) in [4.78, 5) is 14.3. The molecule has 4 nitrogen and oxygen atoms in total. The zero-order valence-corrected chi connectivity index (χ0v) is 12.7. The van der Waals surface area contributed by atoms with Gasteiger partial charge in [-0.25, -0.2) is 0 Å². The molecule has 5 heteroatoms. The molecule has 0 bridgehead atoms. The summed E-state index contributed by atoms with van der Waals surface area (Å²) < 4.78 is 5.79. The van der Waals surface area contributed by atoms with Gasteiger partial charge in [-0.2, -0.15) is 0 Å². The van der Waals surface area contributed by atoms with Gasteiger partial charge in [0.05, 0.1) is 5.02 Å². The Morgan fingerprint density at radius 1 is 1.55 bits per heavy atom. The van der Waals surface area contributed by atoms with Crippen LogP contribution in [-0.2, 0) is 4.79 Å². The highest BCUT2D eigenvalue weighted by atomic mass is 35.5. The number of nitrogens with zero attached hydrogens (tertiary/aromatic N) is 1. The van der Waals surface area contributed by atoms with E-state index in [1.54, 1.807) is 17.0 Å². The first-order valence-corrected chi connectivity index (χ1v) is 7.39. The van der Waals surface area contributed by atoms with Crippen LogP contribution in [0.3, 0.4) is 0 Å². The summed E-state index contributed by atoms with van der Waals surface area (Å²) in [5.41, 5.74) is 0. The number of hydrogen-bond acceptors (Lipinski definition) is 3. The van der Waals surface area contributed by atoms with E-state index in [-0.39, 0.29) is 11.9 Å². The topological polar surface area (TPSA) is 41.6 Å². The highest BCUT2D eigenvalue weighted by molar-refractivity contribution is 6.32. The number of nitrogens with one attached hydrogen (secondary N) is 1. The van der Waals surface area contributed by atoms with Gasteiger partial charge in [0.15, 0.2) is 6.10 Å². The van der Waals surface area contributed by atoms with Crippen molar-refractivity contribution in [2.75, 3.05) is 20.1 Å². The molecule has 0 aliphatic carbocycles. The molecule has 0 aromatic heterocycles. The Morgan fingerprint density at radius 3 is 2.90 bits per heavy atom. The lowest BCUT2D eigenvalue weighted by molar-refractivity contribution is -0.139. The van der Waals surface area contributed by atoms with E-state index in [9.17, 15) is 4.79 Å². The van der Waals surface area contributed by atoms with E-state index >= 15 is 0 Å². The largest absolute Gasteiger partial charge is 0.479 e. The summed E-state index contributed by atoms with van der Waals surface area (Å²) in [6.45, 7) is 3.76. The minimum atomic E-state index is -0.486. The van der Waals surface area contributed by atoms with Crippen molar-refractivity contribution in [2.45, 2.75) is 31.9 Å². The lowest BCUT2D eigenvalue weighted by Gasteiger charge is -2.28. The number of para-hydroxylation sites is 1. The lowest BCUT2D eigenvalue weighted by Crippen LogP contribution is -2.45. The monoisotopic (exact) mass is 296 g/mol. The quantitative estimate of drug-likeness (QED) is 0.907. The molecule has 1 aliphatic heterocycles. The summed E-state index contributed by atoms with van der Waals surface area (Å²) in [7, 11) is 1.85. The predicted octanol–water partition coefficient (Wildman–Crippen LogP) is 2.32. The molecule has 1 aromatic carbocycles. The molecule has 20 heavy (non-hydrogen) atoms. The Balaban J connectivity index is 2.03. The zero-order chi connectivity index (χ0) is 14.5. The average molecular weight is 297 g/mol. The fourth-order valence-corrected chi connectivity index (χ4v) is 2.56. The maximum absolute atomic E-state index is 12.5. The minimum Gasteiger partial charge on any atom is -0.479 e. The predicted molar refractivity (Wildman–Crippen MR) is 80.2 cm³/mol. The number of carbonyl (C=O) groups excluding carboxylic acids is 1. The van der Waals surface area contributed by atoms with Crippen molar-refractivity contribution in [3.05, 3.63) is 29.3 Å². The summed E-state index contributed by atoms with van der Waals surface area (Å²) in [6, 6.07) is 7.50. The van der Waals surface area contributed by atoms with Crippen LogP contribution in [0.1, 0.15) is 19.8 Å². The van der Waals surface area contributed by atoms with E-state index in [0.29, 0.717) is 17.2 Å². The van der Waals surface area contributed by atoms with Crippen molar-refractivity contribution in [1.82, 2.24) is 10.2 Å². The number of likely N-dealkylation sites (N-methyl/N-ethyl adjacent to an activating group) is 1. The second-order valence-electron chi connectivity index (χ2n) is 5.04. The second kappa shape index (κ2) is 6.95. The molecule has 1 heterocycles. The van der Waals surface area contributed by atoms with Crippen molar-refractivity contribution in [1.29, 1.82) is 0 Å². The van der Waals surface area contributed by atoms with Crippen LogP contribution in [0, 0.1) is 0 Å². The van der Waals surface area contributed by atoms with Crippen LogP contribution in [0.2, 0.25) is 5.02 Å². The SMILES string of the molecule is CCC(Oc1ccccc1Cl)C(=O)N(C)C1CCNC1. The second-order valence-corrected chi connectivity index (χ2v) is 5.45. The van der Waals surface area contributed by atoms with Crippen LogP contribution >= 0.6 is 11.6 Å². The number of carbonyl (C=O) groups is 1. The van der Waals surface area contributed by atoms with Crippen molar-refractivity contribution in [2.24, 2.45) is 0 Å². The Hall–Kier alpha value is -1.26. The van der Waals surface area contributed by atoms with Crippen LogP contribution in [0.15, 0.2) is 24.3 Å². The number of amides is 1. The Bertz CT molecular complexity index is 461. The molecule has 1 N–H and O–H groups in total. The van der Waals surface area contributed by atoms with Crippen LogP contribution in [0.25, 0.3) is 0 Å². The van der Waals surface area contributed by atoms with Crippen LogP contribution in [0.5, 0.6) is 5.75 Å². The lowest BCUT2D eigenvalue weighted by atomic mass is 10.2. The molecule has 0 spiro atoms. The van der Waals surface area contributed by atoms with Gasteiger partial charge in [-0.3, -0.25) is 4.79 Å². The van der Waals surface area contributed by atoms with E-state index < -0.39 is 6.10 Å². The normalized spacial score (nSPS) is 19.6. The molecule has 0 saturated carbocycles. The third-order valence-corrected chi connectivity index (χ3v) is 3.99. The van der Waals surface area contributed by atoms with E-state index in [4.69, 9.17) is 16.3 Å². The third-order valence-electron chi connectivity index (χ3n) is 3.68. The maximum atomic E-state index is 12.5. The van der Waals surface area contributed by atoms with Gasteiger partial charge in [0.25, 0.3) is 5.91 Å². The van der Waals surface area contributed by atoms with Gasteiger partial charge in [0.2, 0.25) is 0 Å². The first-order valence-electron chi connectivity index (χ1n) is 7.02. The van der Waals surface area contributed by atoms with Crippen molar-refractivity contribution in [3.8, 4) is 5.75 Å². The van der Waals surface area contributed by atoms with Crippen molar-refractivity contribution >= 4 is 17.5 Å². The van der Waals surface area contributed by atoms with Crippen LogP contribution in [-0.4, -0.2) is 43.1 Å². The van der Waals surface area contributed by atoms with Gasteiger partial charge in [-0.1, -0.05) is 30.7 Å². The molecule has 1 aliphatic rings. The van der Waals surface area contributed by atoms with Crippen molar-refractivity contribution in [3.63, 3.8) is 0 Å². The molecule has 110 valence electrons. The molecule has 2 unspecified atom stereocenters. The van der Waals surface area contributed by atoms with Crippen LogP contribution in [0.4, 0.5) is 0 Å². The molecule has 1 fully saturated rings.